The summed E-state index contributed by atoms with van der Waals surface area (Å²) >= 11 is 5.76. The van der Waals surface area contributed by atoms with Crippen molar-refractivity contribution >= 4 is 28.9 Å². The third-order valence-electron chi connectivity index (χ3n) is 2.93. The van der Waals surface area contributed by atoms with E-state index in [1.165, 1.54) is 0 Å². The Bertz CT molecular complexity index is 681. The van der Waals surface area contributed by atoms with Gasteiger partial charge in [0.1, 0.15) is 5.82 Å². The average molecular weight is 311 g/mol. The van der Waals surface area contributed by atoms with Crippen LogP contribution in [0.5, 0.6) is 0 Å². The van der Waals surface area contributed by atoms with Gasteiger partial charge in [0, 0.05) is 18.8 Å². The van der Waals surface area contributed by atoms with E-state index < -0.39 is 17.5 Å². The lowest BCUT2D eigenvalue weighted by molar-refractivity contribution is 0.102. The van der Waals surface area contributed by atoms with Crippen LogP contribution in [0, 0.1) is 18.6 Å². The van der Waals surface area contributed by atoms with Gasteiger partial charge in [-0.15, -0.1) is 0 Å². The Morgan fingerprint density at radius 3 is 2.52 bits per heavy atom. The van der Waals surface area contributed by atoms with Crippen LogP contribution in [0.15, 0.2) is 30.3 Å². The van der Waals surface area contributed by atoms with Crippen LogP contribution in [0.1, 0.15) is 15.9 Å². The highest BCUT2D eigenvalue weighted by molar-refractivity contribution is 6.34. The Morgan fingerprint density at radius 2 is 1.90 bits per heavy atom. The molecule has 0 aliphatic carbocycles. The van der Waals surface area contributed by atoms with Gasteiger partial charge in [0.15, 0.2) is 5.82 Å². The van der Waals surface area contributed by atoms with E-state index in [4.69, 9.17) is 11.6 Å². The van der Waals surface area contributed by atoms with Crippen molar-refractivity contribution in [2.45, 2.75) is 6.92 Å². The number of nitrogens with one attached hydrogen (secondary N) is 2. The van der Waals surface area contributed by atoms with Crippen molar-refractivity contribution in [1.82, 2.24) is 0 Å². The second-order valence-corrected chi connectivity index (χ2v) is 4.90. The normalized spacial score (nSPS) is 10.3. The van der Waals surface area contributed by atoms with Gasteiger partial charge in [0.2, 0.25) is 0 Å². The van der Waals surface area contributed by atoms with E-state index in [0.717, 1.165) is 11.6 Å². The van der Waals surface area contributed by atoms with Gasteiger partial charge in [-0.05, 0) is 25.1 Å². The first-order valence-corrected chi connectivity index (χ1v) is 6.54. The molecule has 1 amide bonds. The van der Waals surface area contributed by atoms with Gasteiger partial charge in [0.05, 0.1) is 16.3 Å². The Morgan fingerprint density at radius 1 is 1.19 bits per heavy atom. The summed E-state index contributed by atoms with van der Waals surface area (Å²) in [6, 6.07) is 6.85. The molecule has 0 radical (unpaired) electrons. The summed E-state index contributed by atoms with van der Waals surface area (Å²) in [6.45, 7) is 1.83. The van der Waals surface area contributed by atoms with Gasteiger partial charge >= 0.3 is 0 Å². The van der Waals surface area contributed by atoms with Gasteiger partial charge in [-0.2, -0.15) is 0 Å². The zero-order valence-electron chi connectivity index (χ0n) is 11.4. The predicted molar refractivity (Wildman–Crippen MR) is 80.0 cm³/mol. The van der Waals surface area contributed by atoms with Crippen molar-refractivity contribution in [2.24, 2.45) is 0 Å². The fourth-order valence-electron chi connectivity index (χ4n) is 1.91. The first-order chi connectivity index (χ1) is 9.92. The lowest BCUT2D eigenvalue weighted by Crippen LogP contribution is -2.15. The molecular formula is C15H13ClF2N2O. The molecule has 3 nitrogen and oxygen atoms in total. The summed E-state index contributed by atoms with van der Waals surface area (Å²) in [7, 11) is 1.67. The largest absolute Gasteiger partial charge is 0.387 e. The lowest BCUT2D eigenvalue weighted by atomic mass is 10.1. The molecule has 0 spiro atoms. The molecule has 0 heterocycles. The molecule has 0 bridgehead atoms. The van der Waals surface area contributed by atoms with Crippen LogP contribution >= 0.6 is 11.6 Å². The van der Waals surface area contributed by atoms with Crippen molar-refractivity contribution in [2.75, 3.05) is 17.7 Å². The molecule has 21 heavy (non-hydrogen) atoms. The summed E-state index contributed by atoms with van der Waals surface area (Å²) in [4.78, 5) is 12.3. The number of aryl methyl sites for hydroxylation is 1. The van der Waals surface area contributed by atoms with E-state index in [1.807, 2.05) is 13.0 Å². The van der Waals surface area contributed by atoms with Crippen LogP contribution in [-0.4, -0.2) is 13.0 Å². The highest BCUT2D eigenvalue weighted by Crippen LogP contribution is 2.27. The summed E-state index contributed by atoms with van der Waals surface area (Å²) in [5.74, 6) is -2.26. The minimum Gasteiger partial charge on any atom is -0.387 e. The van der Waals surface area contributed by atoms with Crippen molar-refractivity contribution in [3.05, 3.63) is 58.1 Å². The fourth-order valence-corrected chi connectivity index (χ4v) is 2.15. The second-order valence-electron chi connectivity index (χ2n) is 4.50. The number of hydrogen-bond acceptors (Lipinski definition) is 2. The number of amides is 1. The zero-order chi connectivity index (χ0) is 15.6. The van der Waals surface area contributed by atoms with Crippen LogP contribution in [-0.2, 0) is 0 Å². The summed E-state index contributed by atoms with van der Waals surface area (Å²) < 4.78 is 26.7. The molecule has 2 aromatic carbocycles. The highest BCUT2D eigenvalue weighted by Gasteiger charge is 2.16. The van der Waals surface area contributed by atoms with Crippen LogP contribution in [0.25, 0.3) is 0 Å². The lowest BCUT2D eigenvalue weighted by Gasteiger charge is -2.12. The summed E-state index contributed by atoms with van der Waals surface area (Å²) in [5, 5.41) is 5.06. The van der Waals surface area contributed by atoms with Crippen molar-refractivity contribution < 1.29 is 13.6 Å². The van der Waals surface area contributed by atoms with E-state index in [1.54, 1.807) is 19.2 Å². The van der Waals surface area contributed by atoms with Crippen LogP contribution < -0.4 is 10.6 Å². The first-order valence-electron chi connectivity index (χ1n) is 6.16. The van der Waals surface area contributed by atoms with E-state index in [2.05, 4.69) is 10.6 Å². The quantitative estimate of drug-likeness (QED) is 0.891. The van der Waals surface area contributed by atoms with E-state index in [9.17, 15) is 13.6 Å². The third kappa shape index (κ3) is 3.31. The summed E-state index contributed by atoms with van der Waals surface area (Å²) in [6.07, 6.45) is 0. The third-order valence-corrected chi connectivity index (χ3v) is 3.23. The van der Waals surface area contributed by atoms with E-state index in [0.29, 0.717) is 17.3 Å². The fraction of sp³-hybridized carbons (Fsp3) is 0.133. The monoisotopic (exact) mass is 310 g/mol. The van der Waals surface area contributed by atoms with Crippen LogP contribution in [0.3, 0.4) is 0 Å². The number of rotatable bonds is 3. The number of hydrogen-bond donors (Lipinski definition) is 2. The molecule has 110 valence electrons. The number of carbonyl (C=O) groups is 1. The Kier molecular flexibility index (Phi) is 4.43. The first kappa shape index (κ1) is 15.3. The highest BCUT2D eigenvalue weighted by atomic mass is 35.5. The molecule has 0 saturated heterocycles. The Balaban J connectivity index is 2.37. The molecule has 6 heteroatoms. The Labute approximate surface area is 125 Å². The predicted octanol–water partition coefficient (Wildman–Crippen LogP) is 4.22. The molecule has 2 aromatic rings. The second kappa shape index (κ2) is 6.10. The molecule has 2 N–H and O–H groups in total. The van der Waals surface area contributed by atoms with Gasteiger partial charge in [-0.1, -0.05) is 23.2 Å². The molecule has 0 fully saturated rings. The van der Waals surface area contributed by atoms with Gasteiger partial charge in [0.25, 0.3) is 5.91 Å². The van der Waals surface area contributed by atoms with Gasteiger partial charge in [-0.3, -0.25) is 4.79 Å². The van der Waals surface area contributed by atoms with Gasteiger partial charge < -0.3 is 10.6 Å². The molecule has 0 aliphatic rings. The van der Waals surface area contributed by atoms with Crippen LogP contribution in [0.2, 0.25) is 5.02 Å². The number of carbonyl (C=O) groups excluding carboxylic acids is 1. The van der Waals surface area contributed by atoms with E-state index >= 15 is 0 Å². The van der Waals surface area contributed by atoms with Crippen molar-refractivity contribution in [3.63, 3.8) is 0 Å². The zero-order valence-corrected chi connectivity index (χ0v) is 12.2. The maximum absolute atomic E-state index is 13.7. The standard InChI is InChI=1S/C15H13ClF2N2O/c1-8-3-4-13(19-2)10(5-8)15(21)20-14-11(16)6-9(17)7-12(14)18/h3-7,19H,1-2H3,(H,20,21). The van der Waals surface area contributed by atoms with Crippen LogP contribution in [0.4, 0.5) is 20.2 Å². The molecule has 0 aliphatic heterocycles. The minimum absolute atomic E-state index is 0.195. The molecule has 0 saturated carbocycles. The molecular weight excluding hydrogens is 298 g/mol. The SMILES string of the molecule is CNc1ccc(C)cc1C(=O)Nc1c(F)cc(F)cc1Cl. The smallest absolute Gasteiger partial charge is 0.257 e. The molecule has 0 aromatic heterocycles. The van der Waals surface area contributed by atoms with Crippen molar-refractivity contribution in [1.29, 1.82) is 0 Å². The molecule has 0 atom stereocenters. The van der Waals surface area contributed by atoms with E-state index in [-0.39, 0.29) is 10.7 Å². The maximum atomic E-state index is 13.7. The molecule has 0 unspecified atom stereocenters. The van der Waals surface area contributed by atoms with Crippen molar-refractivity contribution in [3.8, 4) is 0 Å². The summed E-state index contributed by atoms with van der Waals surface area (Å²) in [5.41, 5.74) is 1.57. The number of anilines is 2. The molecule has 2 rings (SSSR count). The number of benzene rings is 2. The Hall–Kier alpha value is -2.14. The topological polar surface area (TPSA) is 41.1 Å². The number of halogens is 3. The minimum atomic E-state index is -0.924. The maximum Gasteiger partial charge on any atom is 0.257 e. The van der Waals surface area contributed by atoms with Gasteiger partial charge in [-0.25, -0.2) is 8.78 Å². The average Bonchev–Trinajstić information content (AvgIpc) is 2.42.